The number of carbonyl (C=O) groups excluding carboxylic acids is 3. The molecular weight excluding hydrogens is 379 g/mol. The molecule has 1 aliphatic rings. The van der Waals surface area contributed by atoms with Crippen LogP contribution in [-0.2, 0) is 9.59 Å². The molecule has 2 aromatic carbocycles. The zero-order valence-electron chi connectivity index (χ0n) is 15.4. The van der Waals surface area contributed by atoms with Crippen molar-refractivity contribution in [3.63, 3.8) is 0 Å². The molecule has 1 N–H and O–H groups in total. The van der Waals surface area contributed by atoms with E-state index in [1.165, 1.54) is 29.8 Å². The summed E-state index contributed by atoms with van der Waals surface area (Å²) in [4.78, 5) is 38.0. The van der Waals surface area contributed by atoms with Gasteiger partial charge in [-0.1, -0.05) is 38.1 Å². The predicted octanol–water partition coefficient (Wildman–Crippen LogP) is 4.62. The highest BCUT2D eigenvalue weighted by Gasteiger charge is 2.36. The first kappa shape index (κ1) is 19.8. The van der Waals surface area contributed by atoms with Gasteiger partial charge in [-0.2, -0.15) is 0 Å². The molecule has 7 heteroatoms. The van der Waals surface area contributed by atoms with Crippen molar-refractivity contribution >= 4 is 40.6 Å². The lowest BCUT2D eigenvalue weighted by Crippen LogP contribution is -2.36. The van der Waals surface area contributed by atoms with Gasteiger partial charge in [0.1, 0.15) is 12.4 Å². The fourth-order valence-corrected chi connectivity index (χ4v) is 3.48. The van der Waals surface area contributed by atoms with Crippen LogP contribution >= 0.6 is 11.8 Å². The number of imide groups is 1. The van der Waals surface area contributed by atoms with Crippen LogP contribution in [0.15, 0.2) is 53.4 Å². The zero-order chi connectivity index (χ0) is 20.3. The number of halogens is 1. The summed E-state index contributed by atoms with van der Waals surface area (Å²) in [7, 11) is 0. The van der Waals surface area contributed by atoms with Crippen LogP contribution in [0.3, 0.4) is 0 Å². The van der Waals surface area contributed by atoms with E-state index in [0.717, 1.165) is 22.2 Å². The molecule has 1 aliphatic heterocycles. The normalized spacial score (nSPS) is 15.6. The molecule has 1 fully saturated rings. The van der Waals surface area contributed by atoms with Gasteiger partial charge in [0.15, 0.2) is 0 Å². The van der Waals surface area contributed by atoms with Gasteiger partial charge >= 0.3 is 0 Å². The molecule has 0 atom stereocenters. The molecule has 0 aromatic heterocycles. The maximum atomic E-state index is 12.9. The van der Waals surface area contributed by atoms with Crippen molar-refractivity contribution in [3.8, 4) is 0 Å². The molecule has 0 bridgehead atoms. The van der Waals surface area contributed by atoms with Crippen molar-refractivity contribution in [1.29, 1.82) is 0 Å². The molecule has 2 aromatic rings. The van der Waals surface area contributed by atoms with Gasteiger partial charge in [0, 0.05) is 5.69 Å². The zero-order valence-corrected chi connectivity index (χ0v) is 16.3. The van der Waals surface area contributed by atoms with E-state index in [1.54, 1.807) is 6.08 Å². The van der Waals surface area contributed by atoms with E-state index in [4.69, 9.17) is 0 Å². The highest BCUT2D eigenvalue weighted by atomic mass is 32.2. The number of nitrogens with one attached hydrogen (secondary N) is 1. The van der Waals surface area contributed by atoms with E-state index in [1.807, 2.05) is 24.3 Å². The van der Waals surface area contributed by atoms with E-state index in [2.05, 4.69) is 19.2 Å². The Morgan fingerprint density at radius 3 is 2.36 bits per heavy atom. The van der Waals surface area contributed by atoms with Gasteiger partial charge in [-0.3, -0.25) is 19.3 Å². The number of nitrogens with zero attached hydrogens (tertiary/aromatic N) is 1. The van der Waals surface area contributed by atoms with Crippen LogP contribution in [0, 0.1) is 5.82 Å². The Morgan fingerprint density at radius 2 is 1.75 bits per heavy atom. The number of hydrogen-bond acceptors (Lipinski definition) is 4. The summed E-state index contributed by atoms with van der Waals surface area (Å²) >= 11 is 0.806. The third-order valence-electron chi connectivity index (χ3n) is 4.20. The second-order valence-electron chi connectivity index (χ2n) is 6.64. The molecule has 3 amide bonds. The molecular formula is C21H19FN2O3S. The second kappa shape index (κ2) is 8.39. The predicted molar refractivity (Wildman–Crippen MR) is 108 cm³/mol. The van der Waals surface area contributed by atoms with Crippen molar-refractivity contribution in [1.82, 2.24) is 4.90 Å². The summed E-state index contributed by atoms with van der Waals surface area (Å²) in [6, 6.07) is 13.0. The first-order valence-electron chi connectivity index (χ1n) is 8.74. The van der Waals surface area contributed by atoms with Crippen LogP contribution in [0.1, 0.15) is 30.9 Å². The average molecular weight is 398 g/mol. The molecule has 28 heavy (non-hydrogen) atoms. The lowest BCUT2D eigenvalue weighted by Gasteiger charge is -2.12. The number of benzene rings is 2. The number of hydrogen-bond donors (Lipinski definition) is 1. The first-order valence-corrected chi connectivity index (χ1v) is 9.56. The Labute approximate surface area is 166 Å². The number of amides is 3. The molecule has 5 nitrogen and oxygen atoms in total. The maximum absolute atomic E-state index is 12.9. The van der Waals surface area contributed by atoms with Crippen molar-refractivity contribution in [2.45, 2.75) is 19.8 Å². The lowest BCUT2D eigenvalue weighted by atomic mass is 10.0. The van der Waals surface area contributed by atoms with Crippen LogP contribution in [0.5, 0.6) is 0 Å². The molecule has 3 rings (SSSR count). The minimum absolute atomic E-state index is 0.275. The smallest absolute Gasteiger partial charge is 0.294 e. The number of carbonyl (C=O) groups is 3. The van der Waals surface area contributed by atoms with E-state index in [-0.39, 0.29) is 4.91 Å². The van der Waals surface area contributed by atoms with Crippen molar-refractivity contribution in [2.24, 2.45) is 0 Å². The van der Waals surface area contributed by atoms with Crippen molar-refractivity contribution in [2.75, 3.05) is 11.9 Å². The quantitative estimate of drug-likeness (QED) is 0.746. The average Bonchev–Trinajstić information content (AvgIpc) is 2.91. The molecule has 0 spiro atoms. The number of anilines is 1. The summed E-state index contributed by atoms with van der Waals surface area (Å²) in [6.45, 7) is 3.79. The summed E-state index contributed by atoms with van der Waals surface area (Å²) in [5.74, 6) is -1.05. The Bertz CT molecular complexity index is 937. The van der Waals surface area contributed by atoms with Crippen molar-refractivity contribution < 1.29 is 18.8 Å². The van der Waals surface area contributed by atoms with Gasteiger partial charge in [0.25, 0.3) is 11.1 Å². The Morgan fingerprint density at radius 1 is 1.11 bits per heavy atom. The molecule has 144 valence electrons. The van der Waals surface area contributed by atoms with E-state index in [9.17, 15) is 18.8 Å². The maximum Gasteiger partial charge on any atom is 0.294 e. The molecule has 0 saturated carbocycles. The topological polar surface area (TPSA) is 66.5 Å². The number of thioether (sulfide) groups is 1. The highest BCUT2D eigenvalue weighted by molar-refractivity contribution is 8.18. The Kier molecular flexibility index (Phi) is 5.94. The van der Waals surface area contributed by atoms with Gasteiger partial charge < -0.3 is 5.32 Å². The highest BCUT2D eigenvalue weighted by Crippen LogP contribution is 2.32. The van der Waals surface area contributed by atoms with Gasteiger partial charge in [0.2, 0.25) is 5.91 Å². The summed E-state index contributed by atoms with van der Waals surface area (Å²) in [5, 5.41) is 2.04. The third kappa shape index (κ3) is 4.67. The van der Waals surface area contributed by atoms with Crippen LogP contribution in [-0.4, -0.2) is 28.5 Å². The third-order valence-corrected chi connectivity index (χ3v) is 5.11. The lowest BCUT2D eigenvalue weighted by molar-refractivity contribution is -0.127. The fourth-order valence-electron chi connectivity index (χ4n) is 2.64. The minimum atomic E-state index is -0.531. The van der Waals surface area contributed by atoms with E-state index in [0.29, 0.717) is 11.6 Å². The van der Waals surface area contributed by atoms with Gasteiger partial charge in [-0.05, 0) is 59.1 Å². The van der Waals surface area contributed by atoms with Crippen LogP contribution in [0.2, 0.25) is 0 Å². The van der Waals surface area contributed by atoms with Crippen molar-refractivity contribution in [3.05, 3.63) is 70.4 Å². The molecule has 0 unspecified atom stereocenters. The van der Waals surface area contributed by atoms with E-state index < -0.39 is 29.4 Å². The minimum Gasteiger partial charge on any atom is -0.325 e. The summed E-state index contributed by atoms with van der Waals surface area (Å²) in [5.41, 5.74) is 2.38. The van der Waals surface area contributed by atoms with Gasteiger partial charge in [0.05, 0.1) is 4.91 Å². The first-order chi connectivity index (χ1) is 13.3. The number of rotatable bonds is 5. The SMILES string of the molecule is CC(C)c1ccc(/C=C2\SC(=O)N(CC(=O)Nc3ccc(F)cc3)C2=O)cc1. The Balaban J connectivity index is 1.67. The molecule has 0 aliphatic carbocycles. The summed E-state index contributed by atoms with van der Waals surface area (Å²) < 4.78 is 12.9. The molecule has 1 heterocycles. The van der Waals surface area contributed by atoms with E-state index >= 15 is 0 Å². The van der Waals surface area contributed by atoms with Crippen LogP contribution < -0.4 is 5.32 Å². The fraction of sp³-hybridized carbons (Fsp3) is 0.190. The van der Waals surface area contributed by atoms with Crippen LogP contribution in [0.4, 0.5) is 14.9 Å². The Hall–Kier alpha value is -2.93. The standard InChI is InChI=1S/C21H19FN2O3S/c1-13(2)15-5-3-14(4-6-15)11-18-20(26)24(21(27)28-18)12-19(25)23-17-9-7-16(22)8-10-17/h3-11,13H,12H2,1-2H3,(H,23,25)/b18-11-. The molecule has 1 saturated heterocycles. The van der Waals surface area contributed by atoms with Crippen LogP contribution in [0.25, 0.3) is 6.08 Å². The largest absolute Gasteiger partial charge is 0.325 e. The molecule has 0 radical (unpaired) electrons. The van der Waals surface area contributed by atoms with Gasteiger partial charge in [-0.15, -0.1) is 0 Å². The van der Waals surface area contributed by atoms with Gasteiger partial charge in [-0.25, -0.2) is 4.39 Å². The monoisotopic (exact) mass is 398 g/mol. The second-order valence-corrected chi connectivity index (χ2v) is 7.64. The summed E-state index contributed by atoms with van der Waals surface area (Å²) in [6.07, 6.45) is 1.65.